The van der Waals surface area contributed by atoms with Crippen LogP contribution < -0.4 is 0 Å². The highest BCUT2D eigenvalue weighted by Gasteiger charge is 2.54. The Hall–Kier alpha value is -1.39. The molecule has 0 N–H and O–H groups in total. The lowest BCUT2D eigenvalue weighted by Gasteiger charge is -2.36. The Morgan fingerprint density at radius 2 is 1.67 bits per heavy atom. The van der Waals surface area contributed by atoms with Crippen molar-refractivity contribution in [3.63, 3.8) is 0 Å². The molecule has 1 saturated carbocycles. The molecule has 3 rings (SSSR count). The monoisotopic (exact) mass is 386 g/mol. The molecule has 0 saturated heterocycles. The second kappa shape index (κ2) is 7.92. The van der Waals surface area contributed by atoms with Crippen LogP contribution in [0.25, 0.3) is 0 Å². The summed E-state index contributed by atoms with van der Waals surface area (Å²) < 4.78 is 71.5. The van der Waals surface area contributed by atoms with Gasteiger partial charge < -0.3 is 0 Å². The Labute approximate surface area is 157 Å². The lowest BCUT2D eigenvalue weighted by atomic mass is 9.72. The maximum atomic E-state index is 15.6. The third kappa shape index (κ3) is 4.22. The van der Waals surface area contributed by atoms with E-state index in [4.69, 9.17) is 0 Å². The molecular formula is C22H27F5. The van der Waals surface area contributed by atoms with Gasteiger partial charge in [0.1, 0.15) is 5.83 Å². The van der Waals surface area contributed by atoms with Gasteiger partial charge in [0, 0.05) is 0 Å². The lowest BCUT2D eigenvalue weighted by molar-refractivity contribution is -0.0724. The van der Waals surface area contributed by atoms with Crippen molar-refractivity contribution < 1.29 is 22.0 Å². The molecule has 1 aromatic carbocycles. The second-order valence-corrected chi connectivity index (χ2v) is 8.18. The van der Waals surface area contributed by atoms with Gasteiger partial charge in [-0.1, -0.05) is 50.5 Å². The zero-order valence-corrected chi connectivity index (χ0v) is 15.7. The van der Waals surface area contributed by atoms with Crippen LogP contribution in [-0.4, -0.2) is 5.92 Å². The van der Waals surface area contributed by atoms with Crippen molar-refractivity contribution in [1.29, 1.82) is 0 Å². The van der Waals surface area contributed by atoms with Crippen molar-refractivity contribution >= 4 is 0 Å². The molecule has 1 unspecified atom stereocenters. The van der Waals surface area contributed by atoms with E-state index in [0.717, 1.165) is 32.1 Å². The Morgan fingerprint density at radius 1 is 1.00 bits per heavy atom. The van der Waals surface area contributed by atoms with Crippen LogP contribution in [0.3, 0.4) is 0 Å². The molecule has 0 aliphatic heterocycles. The molecule has 0 nitrogen and oxygen atoms in total. The highest BCUT2D eigenvalue weighted by molar-refractivity contribution is 5.42. The highest BCUT2D eigenvalue weighted by Crippen LogP contribution is 2.53. The molecule has 1 fully saturated rings. The molecule has 1 aromatic rings. The first-order valence-electron chi connectivity index (χ1n) is 9.97. The van der Waals surface area contributed by atoms with E-state index in [1.807, 2.05) is 0 Å². The van der Waals surface area contributed by atoms with Gasteiger partial charge in [-0.3, -0.25) is 0 Å². The summed E-state index contributed by atoms with van der Waals surface area (Å²) in [5.41, 5.74) is -2.68. The summed E-state index contributed by atoms with van der Waals surface area (Å²) in [7, 11) is 0. The van der Waals surface area contributed by atoms with Crippen molar-refractivity contribution in [1.82, 2.24) is 0 Å². The summed E-state index contributed by atoms with van der Waals surface area (Å²) in [5, 5.41) is 0. The number of rotatable bonds is 5. The Kier molecular flexibility index (Phi) is 5.97. The number of unbranched alkanes of at least 4 members (excludes halogenated alkanes) is 1. The predicted molar refractivity (Wildman–Crippen MR) is 96.9 cm³/mol. The first-order valence-corrected chi connectivity index (χ1v) is 9.97. The summed E-state index contributed by atoms with van der Waals surface area (Å²) in [6.45, 7) is 2.16. The van der Waals surface area contributed by atoms with Crippen LogP contribution in [0.2, 0.25) is 0 Å². The Balaban J connectivity index is 1.88. The SMILES string of the molecule is CCCCC1CCC(c2ccccc2C2(F)CC(F)(F)CC(F)=C2F)CC1. The van der Waals surface area contributed by atoms with Gasteiger partial charge in [0.05, 0.1) is 12.8 Å². The largest absolute Gasteiger partial charge is 0.258 e. The normalized spacial score (nSPS) is 31.2. The van der Waals surface area contributed by atoms with Crippen LogP contribution in [-0.2, 0) is 5.67 Å². The first-order chi connectivity index (χ1) is 12.8. The molecule has 0 amide bonds. The minimum Gasteiger partial charge on any atom is -0.230 e. The van der Waals surface area contributed by atoms with Crippen LogP contribution in [0.4, 0.5) is 22.0 Å². The van der Waals surface area contributed by atoms with Gasteiger partial charge in [0.2, 0.25) is 0 Å². The summed E-state index contributed by atoms with van der Waals surface area (Å²) >= 11 is 0. The van der Waals surface area contributed by atoms with Gasteiger partial charge in [0.15, 0.2) is 11.5 Å². The summed E-state index contributed by atoms with van der Waals surface area (Å²) in [6.07, 6.45) is 4.45. The standard InChI is InChI=1S/C22H27F5/c1-2-3-6-15-9-11-16(12-10-15)17-7-4-5-8-18(17)22(27)14-21(25,26)13-19(23)20(22)24/h4-5,7-8,15-16H,2-3,6,9-14H2,1H3. The third-order valence-electron chi connectivity index (χ3n) is 6.14. The van der Waals surface area contributed by atoms with Gasteiger partial charge in [-0.15, -0.1) is 0 Å². The molecule has 1 atom stereocenters. The van der Waals surface area contributed by atoms with E-state index in [1.165, 1.54) is 25.0 Å². The van der Waals surface area contributed by atoms with Gasteiger partial charge in [-0.25, -0.2) is 22.0 Å². The number of alkyl halides is 3. The topological polar surface area (TPSA) is 0 Å². The number of halogens is 5. The average Bonchev–Trinajstić information content (AvgIpc) is 2.64. The van der Waals surface area contributed by atoms with Crippen LogP contribution in [0.1, 0.15) is 81.8 Å². The fourth-order valence-corrected chi connectivity index (χ4v) is 4.70. The molecule has 5 heteroatoms. The number of hydrogen-bond acceptors (Lipinski definition) is 0. The van der Waals surface area contributed by atoms with E-state index < -0.39 is 36.1 Å². The third-order valence-corrected chi connectivity index (χ3v) is 6.14. The summed E-state index contributed by atoms with van der Waals surface area (Å²) in [5.74, 6) is -6.32. The number of allylic oxidation sites excluding steroid dienone is 2. The number of hydrogen-bond donors (Lipinski definition) is 0. The molecular weight excluding hydrogens is 359 g/mol. The minimum absolute atomic E-state index is 0.00175. The number of benzene rings is 1. The van der Waals surface area contributed by atoms with Gasteiger partial charge in [0.25, 0.3) is 5.92 Å². The quantitative estimate of drug-likeness (QED) is 0.451. The maximum Gasteiger partial charge on any atom is 0.258 e. The summed E-state index contributed by atoms with van der Waals surface area (Å²) in [6, 6.07) is 6.24. The zero-order chi connectivity index (χ0) is 19.7. The second-order valence-electron chi connectivity index (χ2n) is 8.18. The van der Waals surface area contributed by atoms with Gasteiger partial charge in [-0.2, -0.15) is 0 Å². The van der Waals surface area contributed by atoms with E-state index in [2.05, 4.69) is 6.92 Å². The van der Waals surface area contributed by atoms with Crippen molar-refractivity contribution in [2.24, 2.45) is 5.92 Å². The molecule has 150 valence electrons. The lowest BCUT2D eigenvalue weighted by Crippen LogP contribution is -2.37. The summed E-state index contributed by atoms with van der Waals surface area (Å²) in [4.78, 5) is 0. The Morgan fingerprint density at radius 3 is 2.33 bits per heavy atom. The molecule has 0 heterocycles. The van der Waals surface area contributed by atoms with Gasteiger partial charge in [-0.05, 0) is 48.6 Å². The maximum absolute atomic E-state index is 15.6. The van der Waals surface area contributed by atoms with Gasteiger partial charge >= 0.3 is 0 Å². The van der Waals surface area contributed by atoms with E-state index >= 15 is 4.39 Å². The van der Waals surface area contributed by atoms with Crippen LogP contribution >= 0.6 is 0 Å². The molecule has 0 radical (unpaired) electrons. The average molecular weight is 386 g/mol. The van der Waals surface area contributed by atoms with Crippen LogP contribution in [0.5, 0.6) is 0 Å². The van der Waals surface area contributed by atoms with Crippen LogP contribution in [0, 0.1) is 5.92 Å². The molecule has 0 spiro atoms. The zero-order valence-electron chi connectivity index (χ0n) is 15.7. The van der Waals surface area contributed by atoms with E-state index in [0.29, 0.717) is 11.5 Å². The van der Waals surface area contributed by atoms with Crippen molar-refractivity contribution in [3.05, 3.63) is 47.0 Å². The Bertz CT molecular complexity index is 688. The minimum atomic E-state index is -3.60. The molecule has 2 aliphatic rings. The molecule has 2 aliphatic carbocycles. The molecule has 27 heavy (non-hydrogen) atoms. The molecule has 0 aromatic heterocycles. The van der Waals surface area contributed by atoms with E-state index in [-0.39, 0.29) is 11.5 Å². The fourth-order valence-electron chi connectivity index (χ4n) is 4.70. The van der Waals surface area contributed by atoms with Crippen molar-refractivity contribution in [2.45, 2.75) is 82.2 Å². The fraction of sp³-hybridized carbons (Fsp3) is 0.636. The highest BCUT2D eigenvalue weighted by atomic mass is 19.3. The van der Waals surface area contributed by atoms with E-state index in [1.54, 1.807) is 12.1 Å². The van der Waals surface area contributed by atoms with Crippen molar-refractivity contribution in [3.8, 4) is 0 Å². The smallest absolute Gasteiger partial charge is 0.230 e. The van der Waals surface area contributed by atoms with Crippen molar-refractivity contribution in [2.75, 3.05) is 0 Å². The predicted octanol–water partition coefficient (Wildman–Crippen LogP) is 7.90. The van der Waals surface area contributed by atoms with Crippen LogP contribution in [0.15, 0.2) is 35.9 Å². The molecule has 0 bridgehead atoms. The van der Waals surface area contributed by atoms with E-state index in [9.17, 15) is 17.6 Å². The first kappa shape index (κ1) is 20.3.